The minimum atomic E-state index is -4.03. The molecule has 26 nitrogen and oxygen atoms in total. The maximum Gasteiger partial charge on any atom is 0.323 e. The highest BCUT2D eigenvalue weighted by Crippen LogP contribution is 2.32. The third-order valence-corrected chi connectivity index (χ3v) is 23.4. The third-order valence-electron chi connectivity index (χ3n) is 19.5. The van der Waals surface area contributed by atoms with Crippen LogP contribution in [-0.4, -0.2) is 144 Å². The number of sulfonamides is 4. The lowest BCUT2D eigenvalue weighted by molar-refractivity contribution is -0.176. The minimum absolute atomic E-state index is 0.0324. The van der Waals surface area contributed by atoms with Crippen LogP contribution in [0.2, 0.25) is 5.02 Å². The van der Waals surface area contributed by atoms with Crippen LogP contribution in [0, 0.1) is 24.4 Å². The summed E-state index contributed by atoms with van der Waals surface area (Å²) in [5.74, 6) is -2.33. The Morgan fingerprint density at radius 3 is 1.30 bits per heavy atom. The van der Waals surface area contributed by atoms with Crippen LogP contribution >= 0.6 is 11.6 Å². The zero-order valence-corrected chi connectivity index (χ0v) is 69.6. The molecule has 0 amide bonds. The van der Waals surface area contributed by atoms with Gasteiger partial charge in [0.2, 0.25) is 40.1 Å². The molecule has 12 aromatic rings. The summed E-state index contributed by atoms with van der Waals surface area (Å²) < 4.78 is 148. The number of esters is 1. The van der Waals surface area contributed by atoms with Crippen LogP contribution in [0.1, 0.15) is 119 Å². The number of piperidine rings is 1. The number of aliphatic hydroxyl groups is 1. The highest BCUT2D eigenvalue weighted by Gasteiger charge is 2.42. The first-order chi connectivity index (χ1) is 56.1. The van der Waals surface area contributed by atoms with Gasteiger partial charge in [-0.05, 0) is 197 Å². The number of ether oxygens (including phenoxy) is 1. The van der Waals surface area contributed by atoms with Gasteiger partial charge in [0, 0.05) is 79.7 Å². The topological polar surface area (TPSA) is 368 Å². The van der Waals surface area contributed by atoms with Gasteiger partial charge in [0.1, 0.15) is 46.7 Å². The number of benzene rings is 8. The van der Waals surface area contributed by atoms with Gasteiger partial charge in [-0.3, -0.25) is 9.69 Å². The Bertz CT molecular complexity index is 5980. The molecule has 2 unspecified atom stereocenters. The summed E-state index contributed by atoms with van der Waals surface area (Å²) in [7, 11) is -11.7. The normalized spacial score (nSPS) is 14.3. The molecule has 2 bridgehead atoms. The molecule has 15 rings (SSSR count). The minimum Gasteiger partial charge on any atom is -0.460 e. The number of morpholine rings is 1. The molecule has 0 aliphatic carbocycles. The lowest BCUT2D eigenvalue weighted by Gasteiger charge is -2.43. The Kier molecular flexibility index (Phi) is 29.2. The van der Waals surface area contributed by atoms with Crippen molar-refractivity contribution in [1.29, 1.82) is 0 Å². The van der Waals surface area contributed by atoms with Crippen molar-refractivity contribution in [2.24, 2.45) is 20.6 Å². The number of aliphatic hydroxyl groups excluding tert-OH is 1. The van der Waals surface area contributed by atoms with Crippen molar-refractivity contribution in [3.8, 4) is 22.7 Å². The number of aryl methyl sites for hydroxylation is 1. The Labute approximate surface area is 690 Å². The SMILES string of the molecule is CCCCN(C)Cc1cc(Cc2ccccc2)n(-c2ccc(S(N)(=O)=O)cc2F)n1.CCCN(C)Cc1cc(Cc2ccccc2)n(-c2ccc(S(N)(=O)=O)cc2F)n1.Cc1cccc(Cc2cc(CN3CC4CCC3C(=O)O4)nn2-c2ccc(S(N)(=O)=O)cc2F)c1.NS(=O)(=O)c1ccc(-n2nc(CO)cc2Cc2ccc(Cl)cc2)cc1. The molecular weight excluding hydrogens is 1620 g/mol. The first-order valence-corrected chi connectivity index (χ1v) is 44.4. The smallest absolute Gasteiger partial charge is 0.323 e. The molecule has 118 heavy (non-hydrogen) atoms. The second kappa shape index (κ2) is 39.0. The van der Waals surface area contributed by atoms with Crippen molar-refractivity contribution in [1.82, 2.24) is 53.8 Å². The molecule has 3 fully saturated rings. The zero-order chi connectivity index (χ0) is 84.8. The number of hydrogen-bond acceptors (Lipinski definition) is 18. The second-order valence-corrected chi connectivity index (χ2v) is 35.7. The summed E-state index contributed by atoms with van der Waals surface area (Å²) >= 11 is 5.91. The van der Waals surface area contributed by atoms with Crippen molar-refractivity contribution in [3.05, 3.63) is 308 Å². The Balaban J connectivity index is 0.000000155. The van der Waals surface area contributed by atoms with Crippen molar-refractivity contribution in [3.63, 3.8) is 0 Å². The maximum absolute atomic E-state index is 15.0. The lowest BCUT2D eigenvalue weighted by Crippen LogP contribution is -2.56. The van der Waals surface area contributed by atoms with Gasteiger partial charge < -0.3 is 19.6 Å². The van der Waals surface area contributed by atoms with Gasteiger partial charge in [0.15, 0.2) is 0 Å². The number of primary sulfonamides is 4. The Morgan fingerprint density at radius 2 is 0.873 bits per heavy atom. The molecule has 3 saturated heterocycles. The van der Waals surface area contributed by atoms with Crippen molar-refractivity contribution in [2.75, 3.05) is 33.7 Å². The lowest BCUT2D eigenvalue weighted by atomic mass is 9.96. The first-order valence-electron chi connectivity index (χ1n) is 37.8. The third kappa shape index (κ3) is 23.8. The first kappa shape index (κ1) is 88.4. The molecule has 3 aliphatic heterocycles. The van der Waals surface area contributed by atoms with Crippen molar-refractivity contribution >= 4 is 57.7 Å². The van der Waals surface area contributed by atoms with Crippen LogP contribution in [0.3, 0.4) is 0 Å². The fraction of sp³-hybridized carbons (Fsp3) is 0.274. The van der Waals surface area contributed by atoms with Gasteiger partial charge in [0.05, 0.1) is 54.7 Å². The van der Waals surface area contributed by atoms with Crippen LogP contribution in [0.15, 0.2) is 232 Å². The molecule has 0 radical (unpaired) electrons. The molecule has 34 heteroatoms. The maximum atomic E-state index is 15.0. The second-order valence-electron chi connectivity index (χ2n) is 29.0. The van der Waals surface area contributed by atoms with E-state index in [1.54, 1.807) is 26.2 Å². The van der Waals surface area contributed by atoms with Gasteiger partial charge >= 0.3 is 5.97 Å². The van der Waals surface area contributed by atoms with E-state index in [1.165, 1.54) is 53.2 Å². The Hall–Kier alpha value is -10.4. The van der Waals surface area contributed by atoms with Crippen LogP contribution < -0.4 is 20.6 Å². The van der Waals surface area contributed by atoms with E-state index < -0.39 is 57.5 Å². The van der Waals surface area contributed by atoms with E-state index in [-0.39, 0.29) is 61.4 Å². The molecule has 0 saturated carbocycles. The highest BCUT2D eigenvalue weighted by molar-refractivity contribution is 7.90. The van der Waals surface area contributed by atoms with Crippen LogP contribution in [-0.2, 0) is 102 Å². The van der Waals surface area contributed by atoms with Gasteiger partial charge in [-0.2, -0.15) is 20.4 Å². The average molecular weight is 1710 g/mol. The zero-order valence-electron chi connectivity index (χ0n) is 65.6. The summed E-state index contributed by atoms with van der Waals surface area (Å²) in [6.45, 7) is 10.3. The molecule has 2 atom stereocenters. The summed E-state index contributed by atoms with van der Waals surface area (Å²) in [4.78, 5) is 17.8. The summed E-state index contributed by atoms with van der Waals surface area (Å²) in [5, 5.41) is 48.8. The van der Waals surface area contributed by atoms with Crippen LogP contribution in [0.5, 0.6) is 0 Å². The number of nitrogens with two attached hydrogens (primary N) is 4. The quantitative estimate of drug-likeness (QED) is 0.0284. The number of rotatable bonds is 28. The van der Waals surface area contributed by atoms with Gasteiger partial charge in [-0.15, -0.1) is 0 Å². The molecule has 8 aromatic carbocycles. The van der Waals surface area contributed by atoms with Gasteiger partial charge in [-0.1, -0.05) is 134 Å². The van der Waals surface area contributed by atoms with Crippen molar-refractivity contribution in [2.45, 2.75) is 137 Å². The van der Waals surface area contributed by atoms with Gasteiger partial charge in [-0.25, -0.2) is 86.1 Å². The molecule has 622 valence electrons. The number of unbranched alkanes of at least 4 members (excludes halogenated alkanes) is 1. The molecule has 3 aliphatic rings. The number of carbonyl (C=O) groups excluding carboxylic acids is 1. The van der Waals surface area contributed by atoms with Gasteiger partial charge in [0.25, 0.3) is 0 Å². The number of aromatic nitrogens is 8. The van der Waals surface area contributed by atoms with E-state index in [0.717, 1.165) is 125 Å². The summed E-state index contributed by atoms with van der Waals surface area (Å²) in [6.07, 6.45) is 6.97. The molecular formula is C84H93ClF3N15O11S4. The average Bonchev–Trinajstić information content (AvgIpc) is 1.60. The fourth-order valence-electron chi connectivity index (χ4n) is 13.8. The number of carbonyl (C=O) groups is 1. The number of hydrogen-bond donors (Lipinski definition) is 5. The number of fused-ring (bicyclic) bond motifs is 3. The number of halogens is 4. The molecule has 7 heterocycles. The van der Waals surface area contributed by atoms with Crippen LogP contribution in [0.4, 0.5) is 13.2 Å². The highest BCUT2D eigenvalue weighted by atomic mass is 35.5. The Morgan fingerprint density at radius 1 is 0.466 bits per heavy atom. The number of nitrogens with zero attached hydrogens (tertiary/aromatic N) is 11. The summed E-state index contributed by atoms with van der Waals surface area (Å²) in [5.41, 5.74) is 12.6. The van der Waals surface area contributed by atoms with Crippen LogP contribution in [0.25, 0.3) is 22.7 Å². The standard InChI is InChI=1S/C24H25FN4O4S.C22H27FN4O2S.C21H25FN4O2S.C17H16ClN3O3S/c1-15-3-2-4-16(9-15)10-18-11-17(13-28-14-19-5-7-23(28)24(30)33-19)27-29(18)22-8-6-20(12-21(22)25)34(26,31)32;1-3-4-12-26(2)16-18-14-19(13-17-8-6-5-7-9-17)27(25-18)22-11-10-20(15-21(22)23)30(24,28)29;1-3-11-25(2)15-17-13-18(12-16-7-5-4-6-8-16)26(24-17)21-10-9-19(14-20(21)22)29(23,27)28;18-13-3-1-12(2-4-13)9-16-10-14(11-22)20-21(16)15-5-7-17(8-6-15)25(19,23)24/h2-4,6,8-9,11-12,19,23H,5,7,10,13-14H2,1H3,(H2,26,31,32);5-11,14-15H,3-4,12-13,16H2,1-2H3,(H2,24,28,29);4-10,13-14H,3,11-12,15H2,1-2H3,(H2,23,27,28);1-8,10,22H,9,11H2,(H2,19,23,24). The van der Waals surface area contributed by atoms with E-state index in [2.05, 4.69) is 55.0 Å². The molecule has 4 aromatic heterocycles. The van der Waals surface area contributed by atoms with E-state index in [0.29, 0.717) is 74.0 Å². The monoisotopic (exact) mass is 1710 g/mol. The molecule has 0 spiro atoms. The predicted molar refractivity (Wildman–Crippen MR) is 443 cm³/mol. The predicted octanol–water partition coefficient (Wildman–Crippen LogP) is 11.3. The van der Waals surface area contributed by atoms with E-state index in [1.807, 2.05) is 148 Å². The summed E-state index contributed by atoms with van der Waals surface area (Å²) in [6, 6.07) is 59.5. The van der Waals surface area contributed by atoms with Crippen molar-refractivity contribution < 1.29 is 61.5 Å². The van der Waals surface area contributed by atoms with E-state index in [4.69, 9.17) is 36.9 Å². The van der Waals surface area contributed by atoms with E-state index >= 15 is 4.39 Å². The fourth-order valence-corrected chi connectivity index (χ4v) is 16.0. The molecule has 9 N–H and O–H groups in total. The largest absolute Gasteiger partial charge is 0.460 e. The van der Waals surface area contributed by atoms with E-state index in [9.17, 15) is 52.4 Å².